The zero-order chi connectivity index (χ0) is 18.9. The molecule has 3 unspecified atom stereocenters. The molecule has 0 heterocycles. The van der Waals surface area contributed by atoms with Gasteiger partial charge in [-0.3, -0.25) is 9.20 Å². The molecule has 0 saturated heterocycles. The number of hydrogen-bond donors (Lipinski definition) is 2. The van der Waals surface area contributed by atoms with E-state index in [0.29, 0.717) is 17.8 Å². The molecule has 2 rings (SSSR count). The van der Waals surface area contributed by atoms with Gasteiger partial charge in [0.15, 0.2) is 5.96 Å². The minimum Gasteiger partial charge on any atom is -0.491 e. The third-order valence-corrected chi connectivity index (χ3v) is 6.32. The minimum absolute atomic E-state index is 0.167. The summed E-state index contributed by atoms with van der Waals surface area (Å²) in [6.45, 7) is 6.75. The van der Waals surface area contributed by atoms with Crippen molar-refractivity contribution in [1.82, 2.24) is 10.6 Å². The van der Waals surface area contributed by atoms with Crippen LogP contribution in [0.25, 0.3) is 0 Å². The Morgan fingerprint density at radius 2 is 2.19 bits per heavy atom. The maximum atomic E-state index is 12.1. The van der Waals surface area contributed by atoms with E-state index in [-0.39, 0.29) is 6.10 Å². The molecule has 5 nitrogen and oxygen atoms in total. The molecular weight excluding hydrogens is 346 g/mol. The Morgan fingerprint density at radius 3 is 2.88 bits per heavy atom. The van der Waals surface area contributed by atoms with Gasteiger partial charge in [0.1, 0.15) is 5.75 Å². The first-order valence-electron chi connectivity index (χ1n) is 9.61. The summed E-state index contributed by atoms with van der Waals surface area (Å²) in [5.74, 6) is 2.44. The molecule has 146 valence electrons. The van der Waals surface area contributed by atoms with Crippen molar-refractivity contribution in [3.63, 3.8) is 0 Å². The number of benzene rings is 1. The molecule has 0 aliphatic heterocycles. The first-order chi connectivity index (χ1) is 12.5. The van der Waals surface area contributed by atoms with Gasteiger partial charge < -0.3 is 15.4 Å². The van der Waals surface area contributed by atoms with Crippen LogP contribution in [-0.4, -0.2) is 40.4 Å². The van der Waals surface area contributed by atoms with Crippen molar-refractivity contribution in [1.29, 1.82) is 0 Å². The summed E-state index contributed by atoms with van der Waals surface area (Å²) in [6.07, 6.45) is 4.43. The Balaban J connectivity index is 1.87. The van der Waals surface area contributed by atoms with E-state index in [0.717, 1.165) is 48.7 Å². The van der Waals surface area contributed by atoms with Crippen LogP contribution in [0.1, 0.15) is 52.0 Å². The summed E-state index contributed by atoms with van der Waals surface area (Å²) in [4.78, 5) is 4.35. The molecule has 6 heteroatoms. The van der Waals surface area contributed by atoms with E-state index in [1.807, 2.05) is 32.9 Å². The Kier molecular flexibility index (Phi) is 8.42. The molecular formula is C20H33N3O2S. The summed E-state index contributed by atoms with van der Waals surface area (Å²) in [6, 6.07) is 8.46. The van der Waals surface area contributed by atoms with Gasteiger partial charge in [0.05, 0.1) is 6.10 Å². The summed E-state index contributed by atoms with van der Waals surface area (Å²) < 4.78 is 17.9. The normalized spacial score (nSPS) is 22.1. The highest BCUT2D eigenvalue weighted by Crippen LogP contribution is 2.23. The number of hydrogen-bond acceptors (Lipinski definition) is 3. The second-order valence-corrected chi connectivity index (χ2v) is 9.04. The van der Waals surface area contributed by atoms with Crippen LogP contribution in [0, 0.1) is 0 Å². The maximum Gasteiger partial charge on any atom is 0.191 e. The first-order valence-corrected chi connectivity index (χ1v) is 11.0. The molecule has 0 radical (unpaired) electrons. The van der Waals surface area contributed by atoms with Crippen LogP contribution >= 0.6 is 0 Å². The lowest BCUT2D eigenvalue weighted by atomic mass is 9.95. The summed E-state index contributed by atoms with van der Waals surface area (Å²) in [5, 5.41) is 7.20. The van der Waals surface area contributed by atoms with E-state index in [1.165, 1.54) is 0 Å². The first kappa shape index (κ1) is 20.7. The van der Waals surface area contributed by atoms with Gasteiger partial charge in [0.2, 0.25) is 0 Å². The fourth-order valence-corrected chi connectivity index (χ4v) is 4.67. The van der Waals surface area contributed by atoms with Crippen molar-refractivity contribution in [2.75, 3.05) is 12.8 Å². The summed E-state index contributed by atoms with van der Waals surface area (Å²) in [5.41, 5.74) is 1.15. The molecule has 1 aliphatic rings. The molecule has 0 aromatic heterocycles. The number of rotatable bonds is 7. The summed E-state index contributed by atoms with van der Waals surface area (Å²) >= 11 is 0. The van der Waals surface area contributed by atoms with Crippen molar-refractivity contribution >= 4 is 16.8 Å². The van der Waals surface area contributed by atoms with Crippen LogP contribution in [0.4, 0.5) is 0 Å². The molecule has 0 bridgehead atoms. The van der Waals surface area contributed by atoms with Crippen LogP contribution in [0.15, 0.2) is 29.3 Å². The van der Waals surface area contributed by atoms with Crippen LogP contribution in [-0.2, 0) is 17.3 Å². The van der Waals surface area contributed by atoms with E-state index >= 15 is 0 Å². The highest BCUT2D eigenvalue weighted by Gasteiger charge is 2.25. The predicted octanol–water partition coefficient (Wildman–Crippen LogP) is 3.22. The van der Waals surface area contributed by atoms with E-state index in [2.05, 4.69) is 27.8 Å². The molecule has 1 aliphatic carbocycles. The van der Waals surface area contributed by atoms with Crippen LogP contribution in [0.3, 0.4) is 0 Å². The van der Waals surface area contributed by atoms with Gasteiger partial charge >= 0.3 is 0 Å². The monoisotopic (exact) mass is 379 g/mol. The van der Waals surface area contributed by atoms with Crippen LogP contribution in [0.2, 0.25) is 0 Å². The molecule has 1 aromatic rings. The van der Waals surface area contributed by atoms with E-state index in [1.54, 1.807) is 7.05 Å². The number of ether oxygens (including phenoxy) is 1. The van der Waals surface area contributed by atoms with Crippen LogP contribution in [0.5, 0.6) is 5.75 Å². The summed E-state index contributed by atoms with van der Waals surface area (Å²) in [7, 11) is 1.08. The lowest BCUT2D eigenvalue weighted by Crippen LogP contribution is -2.46. The standard InChI is InChI=1S/C20H33N3O2S/c1-5-26(24)19-11-7-9-17(13-19)23-20(21-4)22-14-16-8-6-10-18(12-16)25-15(2)3/h6,8,10,12,15,17,19H,5,7,9,11,13-14H2,1-4H3,(H2,21,22,23). The van der Waals surface area contributed by atoms with Gasteiger partial charge in [-0.1, -0.05) is 25.5 Å². The number of guanidine groups is 1. The molecule has 1 fully saturated rings. The van der Waals surface area contributed by atoms with Crippen LogP contribution < -0.4 is 15.4 Å². The molecule has 1 saturated carbocycles. The maximum absolute atomic E-state index is 12.1. The Hall–Kier alpha value is -1.56. The Morgan fingerprint density at radius 1 is 1.38 bits per heavy atom. The number of nitrogens with zero attached hydrogens (tertiary/aromatic N) is 1. The molecule has 0 amide bonds. The van der Waals surface area contributed by atoms with Gasteiger partial charge in [0.25, 0.3) is 0 Å². The van der Waals surface area contributed by atoms with Gasteiger partial charge in [-0.25, -0.2) is 0 Å². The zero-order valence-electron chi connectivity index (χ0n) is 16.5. The smallest absolute Gasteiger partial charge is 0.191 e. The van der Waals surface area contributed by atoms with E-state index < -0.39 is 10.8 Å². The van der Waals surface area contributed by atoms with Crippen molar-refractivity contribution in [2.45, 2.75) is 70.4 Å². The molecule has 3 atom stereocenters. The highest BCUT2D eigenvalue weighted by molar-refractivity contribution is 7.85. The number of nitrogens with one attached hydrogen (secondary N) is 2. The van der Waals surface area contributed by atoms with Gasteiger partial charge in [0, 0.05) is 41.4 Å². The lowest BCUT2D eigenvalue weighted by molar-refractivity contribution is 0.242. The lowest BCUT2D eigenvalue weighted by Gasteiger charge is -2.30. The molecule has 1 aromatic carbocycles. The fourth-order valence-electron chi connectivity index (χ4n) is 3.33. The third-order valence-electron chi connectivity index (χ3n) is 4.58. The largest absolute Gasteiger partial charge is 0.491 e. The van der Waals surface area contributed by atoms with Gasteiger partial charge in [-0.15, -0.1) is 0 Å². The average Bonchev–Trinajstić information content (AvgIpc) is 2.64. The highest BCUT2D eigenvalue weighted by atomic mass is 32.2. The zero-order valence-corrected chi connectivity index (χ0v) is 17.3. The number of aliphatic imine (C=N–C) groups is 1. The second-order valence-electron chi connectivity index (χ2n) is 7.04. The Labute approximate surface area is 160 Å². The van der Waals surface area contributed by atoms with E-state index in [9.17, 15) is 4.21 Å². The quantitative estimate of drug-likeness (QED) is 0.564. The Bertz CT molecular complexity index is 619. The van der Waals surface area contributed by atoms with Crippen molar-refractivity contribution in [3.05, 3.63) is 29.8 Å². The minimum atomic E-state index is -0.706. The molecule has 0 spiro atoms. The van der Waals surface area contributed by atoms with E-state index in [4.69, 9.17) is 4.74 Å². The van der Waals surface area contributed by atoms with Crippen molar-refractivity contribution in [2.24, 2.45) is 4.99 Å². The van der Waals surface area contributed by atoms with Crippen molar-refractivity contribution in [3.8, 4) is 5.75 Å². The third kappa shape index (κ3) is 6.63. The van der Waals surface area contributed by atoms with Crippen molar-refractivity contribution < 1.29 is 8.95 Å². The molecule has 26 heavy (non-hydrogen) atoms. The second kappa shape index (κ2) is 10.6. The fraction of sp³-hybridized carbons (Fsp3) is 0.650. The molecule has 2 N–H and O–H groups in total. The topological polar surface area (TPSA) is 62.7 Å². The predicted molar refractivity (Wildman–Crippen MR) is 110 cm³/mol. The SMILES string of the molecule is CCS(=O)C1CCCC(NC(=NC)NCc2cccc(OC(C)C)c2)C1. The average molecular weight is 380 g/mol. The van der Waals surface area contributed by atoms with Gasteiger partial charge in [-0.2, -0.15) is 0 Å². The van der Waals surface area contributed by atoms with Gasteiger partial charge in [-0.05, 0) is 50.8 Å².